The maximum Gasteiger partial charge on any atom is 0.123 e. The van der Waals surface area contributed by atoms with Gasteiger partial charge in [0.25, 0.3) is 0 Å². The van der Waals surface area contributed by atoms with Gasteiger partial charge in [-0.15, -0.1) is 5.53 Å². The molecule has 0 spiro atoms. The van der Waals surface area contributed by atoms with E-state index in [1.807, 2.05) is 59.5 Å². The van der Waals surface area contributed by atoms with Gasteiger partial charge in [-0.05, 0) is 61.7 Å². The molecule has 1 aromatic heterocycles. The maximum absolute atomic E-state index is 13.9. The highest BCUT2D eigenvalue weighted by molar-refractivity contribution is 6.35. The van der Waals surface area contributed by atoms with Gasteiger partial charge in [-0.3, -0.25) is 20.4 Å². The molecule has 0 radical (unpaired) electrons. The van der Waals surface area contributed by atoms with Crippen LogP contribution in [0.25, 0.3) is 10.9 Å². The number of anilines is 3. The second-order valence-electron chi connectivity index (χ2n) is 9.63. The molecule has 1 saturated carbocycles. The molecule has 0 unspecified atom stereocenters. The van der Waals surface area contributed by atoms with Crippen LogP contribution in [-0.2, 0) is 0 Å². The van der Waals surface area contributed by atoms with E-state index in [2.05, 4.69) is 32.8 Å². The molecular formula is C30H28ClFN8. The zero-order valence-electron chi connectivity index (χ0n) is 22.7. The summed E-state index contributed by atoms with van der Waals surface area (Å²) in [6.07, 6.45) is 5.50. The predicted molar refractivity (Wildman–Crippen MR) is 157 cm³/mol. The van der Waals surface area contributed by atoms with Crippen LogP contribution in [0.4, 0.5) is 21.5 Å². The number of pyridine rings is 1. The first-order valence-corrected chi connectivity index (χ1v) is 13.5. The van der Waals surface area contributed by atoms with E-state index in [1.54, 1.807) is 18.2 Å². The molecule has 8 nitrogen and oxygen atoms in total. The molecule has 3 aromatic carbocycles. The van der Waals surface area contributed by atoms with Crippen molar-refractivity contribution in [3.63, 3.8) is 0 Å². The summed E-state index contributed by atoms with van der Waals surface area (Å²) >= 11 is 6.76. The second-order valence-corrected chi connectivity index (χ2v) is 10.0. The number of nitrogens with zero attached hydrogens (tertiary/aromatic N) is 4. The lowest BCUT2D eigenvalue weighted by atomic mass is 10.0. The summed E-state index contributed by atoms with van der Waals surface area (Å²) < 4.78 is 23.5. The van der Waals surface area contributed by atoms with Crippen molar-refractivity contribution in [2.75, 3.05) is 22.3 Å². The van der Waals surface area contributed by atoms with E-state index < -0.39 is 6.02 Å². The Morgan fingerprint density at radius 3 is 2.70 bits per heavy atom. The third kappa shape index (κ3) is 5.19. The zero-order valence-corrected chi connectivity index (χ0v) is 22.5. The molecule has 2 heterocycles. The summed E-state index contributed by atoms with van der Waals surface area (Å²) in [5.74, 6) is -0.388. The second kappa shape index (κ2) is 10.9. The van der Waals surface area contributed by atoms with Crippen molar-refractivity contribution >= 4 is 39.6 Å². The van der Waals surface area contributed by atoms with E-state index in [-0.39, 0.29) is 5.82 Å². The summed E-state index contributed by atoms with van der Waals surface area (Å²) in [6.45, 7) is 2.63. The molecule has 1 aliphatic carbocycles. The number of nitrogens with one attached hydrogen (secondary N) is 4. The van der Waals surface area contributed by atoms with E-state index in [9.17, 15) is 11.0 Å². The minimum atomic E-state index is -1.53. The van der Waals surface area contributed by atoms with Crippen LogP contribution in [0.3, 0.4) is 0 Å². The summed E-state index contributed by atoms with van der Waals surface area (Å²) in [4.78, 5) is 4.47. The minimum absolute atomic E-state index is 0.347. The third-order valence-electron chi connectivity index (χ3n) is 6.88. The Bertz CT molecular complexity index is 1660. The summed E-state index contributed by atoms with van der Waals surface area (Å²) in [5, 5.41) is 18.1. The number of halogens is 2. The fraction of sp³-hybridized carbons (Fsp3) is 0.200. The van der Waals surface area contributed by atoms with Gasteiger partial charge in [-0.2, -0.15) is 5.26 Å². The number of rotatable bonds is 9. The number of benzene rings is 3. The highest BCUT2D eigenvalue weighted by Gasteiger charge is 2.32. The molecule has 1 fully saturated rings. The summed E-state index contributed by atoms with van der Waals surface area (Å²) in [6, 6.07) is 20.2. The van der Waals surface area contributed by atoms with Crippen molar-refractivity contribution in [1.82, 2.24) is 21.0 Å². The summed E-state index contributed by atoms with van der Waals surface area (Å²) in [5.41, 5.74) is 13.6. The Morgan fingerprint density at radius 1 is 1.23 bits per heavy atom. The SMILES string of the molecule is [2H][C@](Nc1cc(Cl)c2ncc(C#N)c(NN(CC)c3ccccc3)c2c1)(C1=CN(C2CC2)NN1)c1ccc(F)cc1. The predicted octanol–water partition coefficient (Wildman–Crippen LogP) is 6.23. The molecule has 2 aliphatic rings. The first-order chi connectivity index (χ1) is 19.9. The topological polar surface area (TPSA) is 91.3 Å². The third-order valence-corrected chi connectivity index (χ3v) is 7.16. The minimum Gasteiger partial charge on any atom is -0.373 e. The molecule has 1 aliphatic heterocycles. The number of hydrazine groups is 3. The Kier molecular flexibility index (Phi) is 6.70. The fourth-order valence-electron chi connectivity index (χ4n) is 4.67. The number of aromatic nitrogens is 1. The first-order valence-electron chi connectivity index (χ1n) is 13.6. The van der Waals surface area contributed by atoms with E-state index >= 15 is 0 Å². The molecule has 6 rings (SSSR count). The smallest absolute Gasteiger partial charge is 0.123 e. The Hall–Kier alpha value is -4.52. The quantitative estimate of drug-likeness (QED) is 0.181. The van der Waals surface area contributed by atoms with Crippen molar-refractivity contribution in [3.8, 4) is 6.07 Å². The Morgan fingerprint density at radius 2 is 2.00 bits per heavy atom. The van der Waals surface area contributed by atoms with Crippen LogP contribution in [0, 0.1) is 17.1 Å². The van der Waals surface area contributed by atoms with Gasteiger partial charge in [0.2, 0.25) is 0 Å². The average molecular weight is 556 g/mol. The molecule has 0 bridgehead atoms. The van der Waals surface area contributed by atoms with Crippen molar-refractivity contribution in [2.24, 2.45) is 0 Å². The van der Waals surface area contributed by atoms with Gasteiger partial charge in [0, 0.05) is 36.1 Å². The number of nitriles is 1. The van der Waals surface area contributed by atoms with Gasteiger partial charge in [-0.25, -0.2) is 4.39 Å². The fourth-order valence-corrected chi connectivity index (χ4v) is 4.93. The lowest BCUT2D eigenvalue weighted by Gasteiger charge is -2.27. The number of fused-ring (bicyclic) bond motifs is 1. The monoisotopic (exact) mass is 555 g/mol. The van der Waals surface area contributed by atoms with Crippen LogP contribution in [0.1, 0.15) is 38.3 Å². The molecule has 4 aromatic rings. The van der Waals surface area contributed by atoms with Gasteiger partial charge >= 0.3 is 0 Å². The van der Waals surface area contributed by atoms with E-state index in [4.69, 9.17) is 11.6 Å². The maximum atomic E-state index is 13.9. The molecule has 0 amide bonds. The van der Waals surface area contributed by atoms with Crippen LogP contribution >= 0.6 is 11.6 Å². The van der Waals surface area contributed by atoms with Gasteiger partial charge in [0.1, 0.15) is 11.9 Å². The Balaban J connectivity index is 1.44. The molecular weight excluding hydrogens is 527 g/mol. The lowest BCUT2D eigenvalue weighted by molar-refractivity contribution is 0.260. The number of para-hydroxylation sites is 1. The number of hydrogen-bond acceptors (Lipinski definition) is 8. The van der Waals surface area contributed by atoms with E-state index in [1.165, 1.54) is 18.3 Å². The van der Waals surface area contributed by atoms with Crippen LogP contribution < -0.4 is 26.7 Å². The van der Waals surface area contributed by atoms with Crippen LogP contribution in [0.2, 0.25) is 5.02 Å². The zero-order chi connectivity index (χ0) is 28.6. The largest absolute Gasteiger partial charge is 0.373 e. The Labute approximate surface area is 238 Å². The van der Waals surface area contributed by atoms with Crippen LogP contribution in [-0.4, -0.2) is 22.6 Å². The normalized spacial score (nSPS) is 16.4. The van der Waals surface area contributed by atoms with Crippen LogP contribution in [0.15, 0.2) is 84.8 Å². The van der Waals surface area contributed by atoms with Gasteiger partial charge in [0.15, 0.2) is 0 Å². The van der Waals surface area contributed by atoms with E-state index in [0.29, 0.717) is 56.7 Å². The van der Waals surface area contributed by atoms with Gasteiger partial charge in [0.05, 0.1) is 40.6 Å². The van der Waals surface area contributed by atoms with E-state index in [0.717, 1.165) is 18.5 Å². The highest BCUT2D eigenvalue weighted by Crippen LogP contribution is 2.37. The molecule has 40 heavy (non-hydrogen) atoms. The van der Waals surface area contributed by atoms with Crippen molar-refractivity contribution < 1.29 is 5.76 Å². The lowest BCUT2D eigenvalue weighted by Crippen LogP contribution is -2.38. The van der Waals surface area contributed by atoms with Crippen molar-refractivity contribution in [1.29, 1.82) is 5.26 Å². The highest BCUT2D eigenvalue weighted by atomic mass is 35.5. The molecule has 10 heteroatoms. The summed E-state index contributed by atoms with van der Waals surface area (Å²) in [7, 11) is 0. The molecule has 202 valence electrons. The van der Waals surface area contributed by atoms with Gasteiger partial charge in [-0.1, -0.05) is 41.9 Å². The van der Waals surface area contributed by atoms with Crippen molar-refractivity contribution in [2.45, 2.75) is 31.8 Å². The first kappa shape index (κ1) is 24.5. The standard InChI is InChI=1S/C30H28ClFN8/c1-2-39(23-6-4-3-5-7-23)37-28-20(16-33)17-34-30-25(28)14-22(15-26(30)31)35-29(19-8-10-21(32)11-9-19)27-18-40(38-36-27)24-12-13-24/h3-11,14-15,17-18,24,29,35-36,38H,2,12-13H2,1H3,(H,34,37)/t29-/m1/s1/i29D. The average Bonchev–Trinajstić information content (AvgIpc) is 3.72. The van der Waals surface area contributed by atoms with Crippen molar-refractivity contribution in [3.05, 3.63) is 107 Å². The van der Waals surface area contributed by atoms with Gasteiger partial charge < -0.3 is 10.7 Å². The number of hydrogen-bond donors (Lipinski definition) is 4. The molecule has 1 atom stereocenters. The molecule has 4 N–H and O–H groups in total. The molecule has 0 saturated heterocycles. The van der Waals surface area contributed by atoms with Crippen LogP contribution in [0.5, 0.6) is 0 Å².